The molecule has 0 amide bonds. The lowest BCUT2D eigenvalue weighted by atomic mass is 9.60. The van der Waals surface area contributed by atoms with Crippen LogP contribution in [0.15, 0.2) is 0 Å². The fraction of sp³-hybridized carbons (Fsp3) is 1.00. The van der Waals surface area contributed by atoms with Crippen molar-refractivity contribution in [2.75, 3.05) is 0 Å². The van der Waals surface area contributed by atoms with Crippen molar-refractivity contribution in [3.05, 3.63) is 0 Å². The molecular formula is C24H46. The lowest BCUT2D eigenvalue weighted by Crippen LogP contribution is -2.35. The second-order valence-corrected chi connectivity index (χ2v) is 11.1. The maximum Gasteiger partial charge on any atom is -0.0264 e. The Balaban J connectivity index is 1.75. The highest BCUT2D eigenvalue weighted by molar-refractivity contribution is 5.04. The van der Waals surface area contributed by atoms with Crippen LogP contribution in [0.4, 0.5) is 0 Å². The van der Waals surface area contributed by atoms with Crippen molar-refractivity contribution in [2.24, 2.45) is 40.4 Å². The molecule has 0 heteroatoms. The van der Waals surface area contributed by atoms with Gasteiger partial charge in [-0.2, -0.15) is 0 Å². The molecule has 0 aromatic heterocycles. The van der Waals surface area contributed by atoms with E-state index in [0.717, 1.165) is 35.0 Å². The monoisotopic (exact) mass is 334 g/mol. The Hall–Kier alpha value is 0. The average molecular weight is 335 g/mol. The highest BCUT2D eigenvalue weighted by Gasteiger charge is 2.54. The van der Waals surface area contributed by atoms with Crippen molar-refractivity contribution in [1.82, 2.24) is 0 Å². The van der Waals surface area contributed by atoms with E-state index in [1.54, 1.807) is 19.3 Å². The van der Waals surface area contributed by atoms with E-state index in [1.165, 1.54) is 44.9 Å². The van der Waals surface area contributed by atoms with E-state index in [0.29, 0.717) is 5.41 Å². The average Bonchev–Trinajstić information content (AvgIpc) is 3.19. The van der Waals surface area contributed by atoms with Gasteiger partial charge in [0.2, 0.25) is 0 Å². The number of hydrogen-bond donors (Lipinski definition) is 0. The minimum atomic E-state index is 0.478. The summed E-state index contributed by atoms with van der Waals surface area (Å²) in [5.74, 6) is 4.91. The van der Waals surface area contributed by atoms with Gasteiger partial charge in [0.25, 0.3) is 0 Å². The minimum absolute atomic E-state index is 0.478. The molecule has 2 saturated carbocycles. The molecule has 2 aliphatic carbocycles. The fourth-order valence-electron chi connectivity index (χ4n) is 5.44. The zero-order valence-electron chi connectivity index (χ0n) is 18.0. The van der Waals surface area contributed by atoms with Crippen LogP contribution < -0.4 is 0 Å². The molecule has 2 aliphatic rings. The quantitative estimate of drug-likeness (QED) is 0.378. The Morgan fingerprint density at radius 2 is 1.58 bits per heavy atom. The molecule has 0 N–H and O–H groups in total. The van der Waals surface area contributed by atoms with E-state index in [4.69, 9.17) is 0 Å². The second kappa shape index (κ2) is 8.13. The molecule has 2 rings (SSSR count). The van der Waals surface area contributed by atoms with Crippen LogP contribution in [0.1, 0.15) is 113 Å². The van der Waals surface area contributed by atoms with Crippen LogP contribution in [0.2, 0.25) is 0 Å². The fourth-order valence-corrected chi connectivity index (χ4v) is 5.44. The maximum absolute atomic E-state index is 2.53. The second-order valence-electron chi connectivity index (χ2n) is 11.1. The predicted molar refractivity (Wildman–Crippen MR) is 108 cm³/mol. The molecule has 0 bridgehead atoms. The van der Waals surface area contributed by atoms with Crippen LogP contribution in [-0.2, 0) is 0 Å². The topological polar surface area (TPSA) is 0 Å². The van der Waals surface area contributed by atoms with E-state index < -0.39 is 0 Å². The SMILES string of the molecule is CCCC(C)CC1(C2CCC2CC(C)CCC(C)C(C)(C)C)CC1. The van der Waals surface area contributed by atoms with Gasteiger partial charge in [0.05, 0.1) is 0 Å². The molecule has 2 fully saturated rings. The van der Waals surface area contributed by atoms with Gasteiger partial charge in [0.1, 0.15) is 0 Å². The number of hydrogen-bond acceptors (Lipinski definition) is 0. The van der Waals surface area contributed by atoms with Crippen molar-refractivity contribution >= 4 is 0 Å². The van der Waals surface area contributed by atoms with Crippen molar-refractivity contribution in [1.29, 1.82) is 0 Å². The maximum atomic E-state index is 2.53. The molecule has 0 aromatic carbocycles. The Morgan fingerprint density at radius 3 is 2.04 bits per heavy atom. The highest BCUT2D eigenvalue weighted by Crippen LogP contribution is 2.64. The molecule has 0 saturated heterocycles. The molecule has 0 radical (unpaired) electrons. The number of rotatable bonds is 10. The van der Waals surface area contributed by atoms with Gasteiger partial charge in [-0.1, -0.05) is 67.7 Å². The molecule has 0 aliphatic heterocycles. The molecule has 0 heterocycles. The predicted octanol–water partition coefficient (Wildman–Crippen LogP) is 8.11. The van der Waals surface area contributed by atoms with Gasteiger partial charge in [0.15, 0.2) is 0 Å². The van der Waals surface area contributed by atoms with Crippen LogP contribution in [0.5, 0.6) is 0 Å². The Morgan fingerprint density at radius 1 is 0.917 bits per heavy atom. The molecule has 5 unspecified atom stereocenters. The summed E-state index contributed by atoms with van der Waals surface area (Å²) in [4.78, 5) is 0. The highest BCUT2D eigenvalue weighted by atomic mass is 14.6. The largest absolute Gasteiger partial charge is 0.0654 e. The summed E-state index contributed by atoms with van der Waals surface area (Å²) in [6, 6.07) is 0. The smallest absolute Gasteiger partial charge is 0.0264 e. The molecular weight excluding hydrogens is 288 g/mol. The summed E-state index contributed by atoms with van der Waals surface area (Å²) in [5.41, 5.74) is 1.28. The first-order chi connectivity index (χ1) is 11.2. The zero-order valence-corrected chi connectivity index (χ0v) is 18.0. The van der Waals surface area contributed by atoms with Gasteiger partial charge in [-0.25, -0.2) is 0 Å². The third kappa shape index (κ3) is 5.25. The van der Waals surface area contributed by atoms with Gasteiger partial charge in [-0.3, -0.25) is 0 Å². The van der Waals surface area contributed by atoms with Crippen LogP contribution in [0, 0.1) is 40.4 Å². The van der Waals surface area contributed by atoms with Crippen LogP contribution in [0.3, 0.4) is 0 Å². The summed E-state index contributed by atoms with van der Waals surface area (Å²) in [6.45, 7) is 17.0. The summed E-state index contributed by atoms with van der Waals surface area (Å²) in [5, 5.41) is 0. The van der Waals surface area contributed by atoms with E-state index in [9.17, 15) is 0 Å². The van der Waals surface area contributed by atoms with Gasteiger partial charge in [0, 0.05) is 0 Å². The van der Waals surface area contributed by atoms with E-state index >= 15 is 0 Å². The van der Waals surface area contributed by atoms with Crippen molar-refractivity contribution in [2.45, 2.75) is 113 Å². The van der Waals surface area contributed by atoms with E-state index in [2.05, 4.69) is 48.5 Å². The van der Waals surface area contributed by atoms with Crippen LogP contribution in [0.25, 0.3) is 0 Å². The van der Waals surface area contributed by atoms with Crippen LogP contribution in [-0.4, -0.2) is 0 Å². The van der Waals surface area contributed by atoms with E-state index in [-0.39, 0.29) is 0 Å². The minimum Gasteiger partial charge on any atom is -0.0654 e. The molecule has 0 spiro atoms. The van der Waals surface area contributed by atoms with Crippen LogP contribution >= 0.6 is 0 Å². The van der Waals surface area contributed by atoms with Crippen molar-refractivity contribution < 1.29 is 0 Å². The van der Waals surface area contributed by atoms with Gasteiger partial charge < -0.3 is 0 Å². The lowest BCUT2D eigenvalue weighted by molar-refractivity contribution is 0.0514. The third-order valence-corrected chi connectivity index (χ3v) is 7.91. The Kier molecular flexibility index (Phi) is 6.88. The Bertz CT molecular complexity index is 370. The molecule has 142 valence electrons. The normalized spacial score (nSPS) is 29.6. The summed E-state index contributed by atoms with van der Waals surface area (Å²) >= 11 is 0. The molecule has 0 nitrogen and oxygen atoms in total. The molecule has 5 atom stereocenters. The third-order valence-electron chi connectivity index (χ3n) is 7.91. The first-order valence-corrected chi connectivity index (χ1v) is 11.2. The van der Waals surface area contributed by atoms with Crippen molar-refractivity contribution in [3.63, 3.8) is 0 Å². The summed E-state index contributed by atoms with van der Waals surface area (Å²) in [7, 11) is 0. The lowest BCUT2D eigenvalue weighted by Gasteiger charge is -2.45. The van der Waals surface area contributed by atoms with Gasteiger partial charge in [-0.15, -0.1) is 0 Å². The summed E-state index contributed by atoms with van der Waals surface area (Å²) in [6.07, 6.45) is 14.9. The molecule has 24 heavy (non-hydrogen) atoms. The Labute approximate surface area is 153 Å². The first kappa shape index (κ1) is 20.3. The van der Waals surface area contributed by atoms with E-state index in [1.807, 2.05) is 0 Å². The van der Waals surface area contributed by atoms with Crippen molar-refractivity contribution in [3.8, 4) is 0 Å². The first-order valence-electron chi connectivity index (χ1n) is 11.2. The molecule has 0 aromatic rings. The van der Waals surface area contributed by atoms with Gasteiger partial charge >= 0.3 is 0 Å². The van der Waals surface area contributed by atoms with Gasteiger partial charge in [-0.05, 0) is 85.4 Å². The summed E-state index contributed by atoms with van der Waals surface area (Å²) < 4.78 is 0. The zero-order chi connectivity index (χ0) is 18.0. The standard InChI is InChI=1S/C24H46/c1-8-9-19(3)17-24(14-15-24)22-13-12-21(22)16-18(2)10-11-20(4)23(5,6)7/h18-22H,8-17H2,1-7H3.